The Hall–Kier alpha value is -0.120. The van der Waals surface area contributed by atoms with Crippen LogP contribution in [0, 0.1) is 0 Å². The Labute approximate surface area is 158 Å². The third-order valence-electron chi connectivity index (χ3n) is 5.07. The average molecular weight is 357 g/mol. The molecule has 0 bridgehead atoms. The summed E-state index contributed by atoms with van der Waals surface area (Å²) in [5.41, 5.74) is 0. The van der Waals surface area contributed by atoms with Crippen LogP contribution in [-0.4, -0.2) is 37.4 Å². The molecule has 0 rings (SSSR count). The van der Waals surface area contributed by atoms with E-state index in [-0.39, 0.29) is 6.61 Å². The zero-order valence-corrected chi connectivity index (χ0v) is 17.5. The van der Waals surface area contributed by atoms with E-state index in [9.17, 15) is 0 Å². The monoisotopic (exact) mass is 356 g/mol. The van der Waals surface area contributed by atoms with E-state index in [0.29, 0.717) is 12.6 Å². The highest BCUT2D eigenvalue weighted by Crippen LogP contribution is 2.13. The molecule has 0 fully saturated rings. The molecule has 0 aromatic carbocycles. The fourth-order valence-electron chi connectivity index (χ4n) is 3.36. The highest BCUT2D eigenvalue weighted by molar-refractivity contribution is 4.62. The van der Waals surface area contributed by atoms with Gasteiger partial charge in [-0.1, -0.05) is 96.8 Å². The summed E-state index contributed by atoms with van der Waals surface area (Å²) in [6, 6.07) is 0.619. The molecule has 1 unspecified atom stereocenters. The van der Waals surface area contributed by atoms with Crippen molar-refractivity contribution in [2.75, 3.05) is 26.2 Å². The Balaban J connectivity index is 3.08. The first-order chi connectivity index (χ1) is 12.3. The van der Waals surface area contributed by atoms with Gasteiger partial charge in [0.2, 0.25) is 0 Å². The second-order valence-electron chi connectivity index (χ2n) is 7.71. The Bertz CT molecular complexity index is 236. The largest absolute Gasteiger partial charge is 0.395 e. The number of hydrogen-bond acceptors (Lipinski definition) is 3. The molecular formula is C22H48N2O. The normalized spacial score (nSPS) is 12.6. The van der Waals surface area contributed by atoms with Gasteiger partial charge >= 0.3 is 0 Å². The van der Waals surface area contributed by atoms with Crippen molar-refractivity contribution >= 4 is 0 Å². The summed E-state index contributed by atoms with van der Waals surface area (Å²) in [6.07, 6.45) is 21.3. The van der Waals surface area contributed by atoms with Crippen LogP contribution >= 0.6 is 0 Å². The molecule has 0 heterocycles. The second kappa shape index (κ2) is 21.9. The Morgan fingerprint density at radius 3 is 1.60 bits per heavy atom. The fraction of sp³-hybridized carbons (Fsp3) is 1.00. The molecule has 0 saturated carbocycles. The molecule has 0 amide bonds. The van der Waals surface area contributed by atoms with E-state index < -0.39 is 0 Å². The Kier molecular flexibility index (Phi) is 21.8. The van der Waals surface area contributed by atoms with Gasteiger partial charge < -0.3 is 15.7 Å². The van der Waals surface area contributed by atoms with Gasteiger partial charge in [-0.05, 0) is 13.3 Å². The Morgan fingerprint density at radius 2 is 1.12 bits per heavy atom. The molecule has 0 radical (unpaired) electrons. The van der Waals surface area contributed by atoms with Gasteiger partial charge in [-0.2, -0.15) is 0 Å². The molecule has 3 nitrogen and oxygen atoms in total. The van der Waals surface area contributed by atoms with E-state index in [4.69, 9.17) is 5.11 Å². The van der Waals surface area contributed by atoms with Gasteiger partial charge in [0.15, 0.2) is 0 Å². The van der Waals surface area contributed by atoms with Crippen molar-refractivity contribution in [1.29, 1.82) is 0 Å². The molecule has 3 heteroatoms. The average Bonchev–Trinajstić information content (AvgIpc) is 2.62. The molecule has 0 aliphatic rings. The van der Waals surface area contributed by atoms with Crippen molar-refractivity contribution in [2.24, 2.45) is 0 Å². The molecule has 0 aliphatic carbocycles. The Morgan fingerprint density at radius 1 is 0.640 bits per heavy atom. The van der Waals surface area contributed by atoms with E-state index in [1.54, 1.807) is 0 Å². The molecule has 0 aromatic heterocycles. The summed E-state index contributed by atoms with van der Waals surface area (Å²) in [7, 11) is 0. The molecule has 25 heavy (non-hydrogen) atoms. The summed E-state index contributed by atoms with van der Waals surface area (Å²) in [5.74, 6) is 0. The predicted octanol–water partition coefficient (Wildman–Crippen LogP) is 5.42. The van der Waals surface area contributed by atoms with Crippen molar-refractivity contribution in [3.8, 4) is 0 Å². The van der Waals surface area contributed by atoms with Crippen LogP contribution in [0.5, 0.6) is 0 Å². The summed E-state index contributed by atoms with van der Waals surface area (Å²) >= 11 is 0. The second-order valence-corrected chi connectivity index (χ2v) is 7.71. The van der Waals surface area contributed by atoms with Crippen LogP contribution in [0.25, 0.3) is 0 Å². The first-order valence-corrected chi connectivity index (χ1v) is 11.4. The molecule has 0 spiro atoms. The van der Waals surface area contributed by atoms with Crippen molar-refractivity contribution in [3.05, 3.63) is 0 Å². The minimum Gasteiger partial charge on any atom is -0.395 e. The number of aliphatic hydroxyl groups excluding tert-OH is 1. The third-order valence-corrected chi connectivity index (χ3v) is 5.07. The van der Waals surface area contributed by atoms with Gasteiger partial charge in [-0.3, -0.25) is 0 Å². The molecule has 0 aromatic rings. The van der Waals surface area contributed by atoms with E-state index in [1.807, 2.05) is 0 Å². The molecular weight excluding hydrogens is 308 g/mol. The van der Waals surface area contributed by atoms with Gasteiger partial charge in [0.25, 0.3) is 0 Å². The van der Waals surface area contributed by atoms with E-state index in [1.165, 1.54) is 96.3 Å². The quantitative estimate of drug-likeness (QED) is 0.241. The van der Waals surface area contributed by atoms with Crippen molar-refractivity contribution < 1.29 is 5.11 Å². The lowest BCUT2D eigenvalue weighted by Gasteiger charge is -2.13. The molecule has 0 saturated heterocycles. The maximum Gasteiger partial charge on any atom is 0.0555 e. The summed E-state index contributed by atoms with van der Waals surface area (Å²) in [5, 5.41) is 15.4. The SMILES string of the molecule is CCCCCCCCCCCCCCCCC(C)NCCNCCO. The smallest absolute Gasteiger partial charge is 0.0555 e. The van der Waals surface area contributed by atoms with Crippen molar-refractivity contribution in [1.82, 2.24) is 10.6 Å². The highest BCUT2D eigenvalue weighted by atomic mass is 16.3. The third kappa shape index (κ3) is 21.8. The van der Waals surface area contributed by atoms with Gasteiger partial charge in [-0.15, -0.1) is 0 Å². The van der Waals surface area contributed by atoms with E-state index in [2.05, 4.69) is 24.5 Å². The predicted molar refractivity (Wildman–Crippen MR) is 112 cm³/mol. The molecule has 3 N–H and O–H groups in total. The van der Waals surface area contributed by atoms with Crippen LogP contribution in [0.1, 0.15) is 110 Å². The zero-order valence-electron chi connectivity index (χ0n) is 17.5. The van der Waals surface area contributed by atoms with Crippen molar-refractivity contribution in [2.45, 2.75) is 116 Å². The maximum atomic E-state index is 8.69. The zero-order chi connectivity index (χ0) is 18.4. The summed E-state index contributed by atoms with van der Waals surface area (Å²) in [4.78, 5) is 0. The van der Waals surface area contributed by atoms with E-state index >= 15 is 0 Å². The number of nitrogens with one attached hydrogen (secondary N) is 2. The topological polar surface area (TPSA) is 44.3 Å². The van der Waals surface area contributed by atoms with Gasteiger partial charge in [0.05, 0.1) is 6.61 Å². The van der Waals surface area contributed by atoms with Crippen LogP contribution in [0.3, 0.4) is 0 Å². The summed E-state index contributed by atoms with van der Waals surface area (Å²) in [6.45, 7) is 7.46. The highest BCUT2D eigenvalue weighted by Gasteiger charge is 2.00. The maximum absolute atomic E-state index is 8.69. The van der Waals surface area contributed by atoms with Crippen LogP contribution in [0.2, 0.25) is 0 Å². The first kappa shape index (κ1) is 24.9. The lowest BCUT2D eigenvalue weighted by molar-refractivity contribution is 0.292. The van der Waals surface area contributed by atoms with Crippen LogP contribution in [-0.2, 0) is 0 Å². The van der Waals surface area contributed by atoms with E-state index in [0.717, 1.165) is 13.1 Å². The van der Waals surface area contributed by atoms with Gasteiger partial charge in [0.1, 0.15) is 0 Å². The lowest BCUT2D eigenvalue weighted by Crippen LogP contribution is -2.34. The minimum atomic E-state index is 0.231. The molecule has 152 valence electrons. The first-order valence-electron chi connectivity index (χ1n) is 11.4. The van der Waals surface area contributed by atoms with Gasteiger partial charge in [0, 0.05) is 25.7 Å². The number of hydrogen-bond donors (Lipinski definition) is 3. The number of unbranched alkanes of at least 4 members (excludes halogenated alkanes) is 13. The molecule has 0 aliphatic heterocycles. The standard InChI is InChI=1S/C22H48N2O/c1-3-4-5-6-7-8-9-10-11-12-13-14-15-16-17-22(2)24-19-18-23-20-21-25/h22-25H,3-21H2,1-2H3. The van der Waals surface area contributed by atoms with Crippen LogP contribution in [0.4, 0.5) is 0 Å². The van der Waals surface area contributed by atoms with Crippen LogP contribution < -0.4 is 10.6 Å². The summed E-state index contributed by atoms with van der Waals surface area (Å²) < 4.78 is 0. The lowest BCUT2D eigenvalue weighted by atomic mass is 10.0. The minimum absolute atomic E-state index is 0.231. The van der Waals surface area contributed by atoms with Crippen LogP contribution in [0.15, 0.2) is 0 Å². The number of aliphatic hydroxyl groups is 1. The van der Waals surface area contributed by atoms with Crippen molar-refractivity contribution in [3.63, 3.8) is 0 Å². The number of rotatable bonds is 21. The fourth-order valence-corrected chi connectivity index (χ4v) is 3.36. The molecule has 1 atom stereocenters. The van der Waals surface area contributed by atoms with Gasteiger partial charge in [-0.25, -0.2) is 0 Å².